The van der Waals surface area contributed by atoms with E-state index in [1.54, 1.807) is 19.2 Å². The number of rotatable bonds is 8. The lowest BCUT2D eigenvalue weighted by molar-refractivity contribution is -0.138. The van der Waals surface area contributed by atoms with Gasteiger partial charge in [-0.25, -0.2) is 0 Å². The molecule has 1 aliphatic heterocycles. The number of hydrogen-bond donors (Lipinski definition) is 2. The summed E-state index contributed by atoms with van der Waals surface area (Å²) >= 11 is 1.05. The number of thioether (sulfide) groups is 1. The van der Waals surface area contributed by atoms with Crippen molar-refractivity contribution in [3.8, 4) is 11.5 Å². The molecule has 2 aromatic rings. The second-order valence-electron chi connectivity index (χ2n) is 6.47. The lowest BCUT2D eigenvalue weighted by Crippen LogP contribution is -2.26. The lowest BCUT2D eigenvalue weighted by atomic mass is 10.1. The van der Waals surface area contributed by atoms with Crippen LogP contribution >= 0.6 is 11.8 Å². The van der Waals surface area contributed by atoms with Gasteiger partial charge in [-0.3, -0.25) is 9.59 Å². The maximum absolute atomic E-state index is 11.7. The Morgan fingerprint density at radius 2 is 2.07 bits per heavy atom. The minimum absolute atomic E-state index is 0.263. The van der Waals surface area contributed by atoms with Crippen LogP contribution in [0.2, 0.25) is 0 Å². The fourth-order valence-electron chi connectivity index (χ4n) is 2.70. The smallest absolute Gasteiger partial charge is 0.305 e. The highest BCUT2D eigenvalue weighted by Crippen LogP contribution is 2.29. The van der Waals surface area contributed by atoms with Gasteiger partial charge in [0.25, 0.3) is 0 Å². The van der Waals surface area contributed by atoms with Crippen molar-refractivity contribution in [2.45, 2.75) is 25.2 Å². The number of amidine groups is 1. The molecule has 8 nitrogen and oxygen atoms in total. The second-order valence-corrected chi connectivity index (χ2v) is 7.66. The molecule has 0 radical (unpaired) electrons. The summed E-state index contributed by atoms with van der Waals surface area (Å²) < 4.78 is 11.3. The first-order valence-electron chi connectivity index (χ1n) is 9.12. The Labute approximate surface area is 178 Å². The van der Waals surface area contributed by atoms with Crippen molar-refractivity contribution in [3.63, 3.8) is 0 Å². The van der Waals surface area contributed by atoms with Crippen molar-refractivity contribution < 1.29 is 24.2 Å². The highest BCUT2D eigenvalue weighted by molar-refractivity contribution is 8.15. The molecule has 1 unspecified atom stereocenters. The number of aliphatic carboxylic acids is 1. The number of carboxylic acid groups (broad SMARTS) is 1. The summed E-state index contributed by atoms with van der Waals surface area (Å²) in [6.45, 7) is 2.46. The molecular weight excluding hydrogens is 406 g/mol. The molecule has 0 bridgehead atoms. The maximum Gasteiger partial charge on any atom is 0.305 e. The van der Waals surface area contributed by atoms with Crippen LogP contribution in [0.5, 0.6) is 11.5 Å². The second kappa shape index (κ2) is 9.93. The Balaban J connectivity index is 1.64. The number of carbonyl (C=O) groups is 2. The first kappa shape index (κ1) is 21.4. The fourth-order valence-corrected chi connectivity index (χ4v) is 3.62. The van der Waals surface area contributed by atoms with Gasteiger partial charge in [-0.1, -0.05) is 36.0 Å². The molecule has 1 heterocycles. The van der Waals surface area contributed by atoms with Gasteiger partial charge in [0.2, 0.25) is 5.91 Å². The Bertz CT molecular complexity index is 1010. The molecule has 156 valence electrons. The summed E-state index contributed by atoms with van der Waals surface area (Å²) in [5.74, 6) is -0.248. The zero-order chi connectivity index (χ0) is 21.5. The van der Waals surface area contributed by atoms with Crippen molar-refractivity contribution in [1.29, 1.82) is 0 Å². The Hall–Kier alpha value is -3.33. The monoisotopic (exact) mass is 427 g/mol. The van der Waals surface area contributed by atoms with Crippen LogP contribution in [0, 0.1) is 6.92 Å². The van der Waals surface area contributed by atoms with Gasteiger partial charge in [0.1, 0.15) is 11.9 Å². The minimum atomic E-state index is -1.04. The molecule has 9 heteroatoms. The number of methoxy groups -OCH3 is 1. The van der Waals surface area contributed by atoms with E-state index in [4.69, 9.17) is 14.6 Å². The van der Waals surface area contributed by atoms with Crippen LogP contribution in [-0.4, -0.2) is 40.7 Å². The van der Waals surface area contributed by atoms with Crippen molar-refractivity contribution in [1.82, 2.24) is 5.32 Å². The third-order valence-electron chi connectivity index (χ3n) is 4.32. The molecule has 1 saturated heterocycles. The molecule has 1 fully saturated rings. The lowest BCUT2D eigenvalue weighted by Gasteiger charge is -2.12. The molecule has 2 N–H and O–H groups in total. The first-order valence-corrected chi connectivity index (χ1v) is 10.00. The number of hydrogen-bond acceptors (Lipinski definition) is 7. The van der Waals surface area contributed by atoms with Gasteiger partial charge >= 0.3 is 5.97 Å². The van der Waals surface area contributed by atoms with Crippen molar-refractivity contribution >= 4 is 35.0 Å². The normalized spacial score (nSPS) is 17.3. The number of nitrogens with zero attached hydrogens (tertiary/aromatic N) is 2. The third kappa shape index (κ3) is 5.60. The zero-order valence-electron chi connectivity index (χ0n) is 16.5. The minimum Gasteiger partial charge on any atom is -0.493 e. The van der Waals surface area contributed by atoms with E-state index in [0.717, 1.165) is 28.5 Å². The zero-order valence-corrected chi connectivity index (χ0v) is 17.3. The summed E-state index contributed by atoms with van der Waals surface area (Å²) in [7, 11) is 1.56. The number of carbonyl (C=O) groups excluding carboxylic acids is 1. The maximum atomic E-state index is 11.7. The first-order chi connectivity index (χ1) is 14.5. The van der Waals surface area contributed by atoms with Crippen LogP contribution in [0.4, 0.5) is 0 Å². The van der Waals surface area contributed by atoms with Crippen LogP contribution in [0.25, 0.3) is 0 Å². The summed E-state index contributed by atoms with van der Waals surface area (Å²) in [4.78, 5) is 22.5. The van der Waals surface area contributed by atoms with E-state index in [9.17, 15) is 9.59 Å². The van der Waals surface area contributed by atoms with E-state index in [0.29, 0.717) is 18.1 Å². The van der Waals surface area contributed by atoms with Gasteiger partial charge in [-0.05, 0) is 41.8 Å². The van der Waals surface area contributed by atoms with Gasteiger partial charge in [0.05, 0.1) is 19.7 Å². The number of nitrogens with one attached hydrogen (secondary N) is 1. The third-order valence-corrected chi connectivity index (χ3v) is 5.40. The fraction of sp³-hybridized carbons (Fsp3) is 0.238. The van der Waals surface area contributed by atoms with E-state index in [1.807, 2.05) is 37.3 Å². The van der Waals surface area contributed by atoms with Crippen LogP contribution < -0.4 is 14.8 Å². The Morgan fingerprint density at radius 3 is 2.80 bits per heavy atom. The standard InChI is InChI=1S/C21H21N3O5S/c1-13-5-3-4-6-15(13)12-29-16-8-7-14(9-17(16)28-2)11-22-24-21-23-20(27)18(30-21)10-19(25)26/h3-9,11,18H,10,12H2,1-2H3,(H,25,26)(H,23,24,27). The predicted molar refractivity (Wildman–Crippen MR) is 115 cm³/mol. The molecule has 1 aliphatic rings. The van der Waals surface area contributed by atoms with Crippen LogP contribution in [0.3, 0.4) is 0 Å². The number of aryl methyl sites for hydroxylation is 1. The molecule has 0 saturated carbocycles. The van der Waals surface area contributed by atoms with Gasteiger partial charge in [0, 0.05) is 0 Å². The molecule has 30 heavy (non-hydrogen) atoms. The van der Waals surface area contributed by atoms with Crippen molar-refractivity contribution in [3.05, 3.63) is 59.2 Å². The van der Waals surface area contributed by atoms with E-state index in [-0.39, 0.29) is 17.5 Å². The molecule has 0 aliphatic carbocycles. The van der Waals surface area contributed by atoms with Crippen molar-refractivity contribution in [2.75, 3.05) is 7.11 Å². The van der Waals surface area contributed by atoms with Crippen LogP contribution in [-0.2, 0) is 16.2 Å². The average Bonchev–Trinajstić information content (AvgIpc) is 3.06. The van der Waals surface area contributed by atoms with Crippen LogP contribution in [0.1, 0.15) is 23.1 Å². The average molecular weight is 427 g/mol. The Kier molecular flexibility index (Phi) is 7.08. The summed E-state index contributed by atoms with van der Waals surface area (Å²) in [6, 6.07) is 13.4. The molecule has 0 spiro atoms. The van der Waals surface area contributed by atoms with Gasteiger partial charge < -0.3 is 19.9 Å². The number of carboxylic acids is 1. The van der Waals surface area contributed by atoms with Gasteiger partial charge in [-0.15, -0.1) is 5.10 Å². The topological polar surface area (TPSA) is 110 Å². The van der Waals surface area contributed by atoms with E-state index in [2.05, 4.69) is 15.5 Å². The number of benzene rings is 2. The molecule has 1 atom stereocenters. The van der Waals surface area contributed by atoms with Gasteiger partial charge in [-0.2, -0.15) is 5.10 Å². The molecule has 1 amide bonds. The van der Waals surface area contributed by atoms with E-state index in [1.165, 1.54) is 6.21 Å². The highest BCUT2D eigenvalue weighted by atomic mass is 32.2. The molecule has 3 rings (SSSR count). The largest absolute Gasteiger partial charge is 0.493 e. The predicted octanol–water partition coefficient (Wildman–Crippen LogP) is 2.98. The molecule has 2 aromatic carbocycles. The SMILES string of the molecule is COc1cc(C=NN=C2NC(=O)C(CC(=O)O)S2)ccc1OCc1ccccc1C. The van der Waals surface area contributed by atoms with Gasteiger partial charge in [0.15, 0.2) is 16.7 Å². The van der Waals surface area contributed by atoms with Crippen LogP contribution in [0.15, 0.2) is 52.7 Å². The quantitative estimate of drug-likeness (QED) is 0.495. The molecule has 0 aromatic heterocycles. The Morgan fingerprint density at radius 1 is 1.27 bits per heavy atom. The molecular formula is C21H21N3O5S. The van der Waals surface area contributed by atoms with Crippen molar-refractivity contribution in [2.24, 2.45) is 10.2 Å². The van der Waals surface area contributed by atoms with E-state index < -0.39 is 11.2 Å². The summed E-state index contributed by atoms with van der Waals surface area (Å²) in [5, 5.41) is 18.8. The van der Waals surface area contributed by atoms with E-state index >= 15 is 0 Å². The highest BCUT2D eigenvalue weighted by Gasteiger charge is 2.32. The summed E-state index contributed by atoms with van der Waals surface area (Å²) in [5.41, 5.74) is 2.98. The number of amides is 1. The summed E-state index contributed by atoms with van der Waals surface area (Å²) in [6.07, 6.45) is 1.25. The number of ether oxygens (including phenoxy) is 2.